The molecule has 2 aromatic heterocycles. The van der Waals surface area contributed by atoms with Crippen molar-refractivity contribution in [3.8, 4) is 5.75 Å². The van der Waals surface area contributed by atoms with Crippen molar-refractivity contribution in [2.45, 2.75) is 24.9 Å². The van der Waals surface area contributed by atoms with Gasteiger partial charge in [-0.15, -0.1) is 0 Å². The van der Waals surface area contributed by atoms with Crippen molar-refractivity contribution in [3.63, 3.8) is 0 Å². The van der Waals surface area contributed by atoms with Crippen molar-refractivity contribution in [1.29, 1.82) is 0 Å². The number of ether oxygens (including phenoxy) is 1. The Bertz CT molecular complexity index is 1260. The molecule has 11 nitrogen and oxygen atoms in total. The second kappa shape index (κ2) is 11.9. The Labute approximate surface area is 213 Å². The minimum atomic E-state index is -3.93. The normalized spacial score (nSPS) is 19.7. The lowest BCUT2D eigenvalue weighted by Gasteiger charge is -2.25. The Kier molecular flexibility index (Phi) is 8.63. The quantitative estimate of drug-likeness (QED) is 0.200. The van der Waals surface area contributed by atoms with Gasteiger partial charge in [0.15, 0.2) is 11.5 Å². The molecule has 2 heterocycles. The van der Waals surface area contributed by atoms with Gasteiger partial charge in [0, 0.05) is 5.92 Å². The molecule has 0 radical (unpaired) electrons. The Morgan fingerprint density at radius 1 is 1.28 bits per heavy atom. The minimum absolute atomic E-state index is 0.0234. The number of aromatic nitrogens is 4. The van der Waals surface area contributed by atoms with E-state index in [4.69, 9.17) is 19.5 Å². The van der Waals surface area contributed by atoms with E-state index in [2.05, 4.69) is 20.0 Å². The van der Waals surface area contributed by atoms with Crippen molar-refractivity contribution in [2.24, 2.45) is 5.92 Å². The Morgan fingerprint density at radius 3 is 2.83 bits per heavy atom. The smallest absolute Gasteiger partial charge is 0.459 e. The number of thioether (sulfide) groups is 1. The van der Waals surface area contributed by atoms with Crippen LogP contribution in [0.2, 0.25) is 0 Å². The van der Waals surface area contributed by atoms with Crippen molar-refractivity contribution in [3.05, 3.63) is 55.1 Å². The maximum Gasteiger partial charge on any atom is 0.459 e. The predicted octanol–water partition coefficient (Wildman–Crippen LogP) is 3.61. The van der Waals surface area contributed by atoms with Crippen molar-refractivity contribution >= 4 is 42.5 Å². The van der Waals surface area contributed by atoms with Gasteiger partial charge in [0.1, 0.15) is 23.6 Å². The lowest BCUT2D eigenvalue weighted by molar-refractivity contribution is -0.142. The number of carbonyl (C=O) groups is 1. The average Bonchev–Trinajstić information content (AvgIpc) is 3.53. The molecule has 36 heavy (non-hydrogen) atoms. The number of para-hydroxylation sites is 1. The zero-order valence-electron chi connectivity index (χ0n) is 20.0. The largest absolute Gasteiger partial charge is 0.468 e. The third-order valence-electron chi connectivity index (χ3n) is 5.73. The third-order valence-corrected chi connectivity index (χ3v) is 7.94. The molecule has 3 N–H and O–H groups in total. The summed E-state index contributed by atoms with van der Waals surface area (Å²) in [6.45, 7) is 0.115. The van der Waals surface area contributed by atoms with Gasteiger partial charge in [-0.25, -0.2) is 19.5 Å². The molecule has 0 saturated heterocycles. The second-order valence-electron chi connectivity index (χ2n) is 8.21. The second-order valence-corrected chi connectivity index (χ2v) is 10.9. The van der Waals surface area contributed by atoms with E-state index in [1.165, 1.54) is 13.4 Å². The highest BCUT2D eigenvalue weighted by Crippen LogP contribution is 2.46. The van der Waals surface area contributed by atoms with E-state index in [1.807, 2.05) is 29.0 Å². The summed E-state index contributed by atoms with van der Waals surface area (Å²) >= 11 is 1.57. The molecule has 0 saturated carbocycles. The minimum Gasteiger partial charge on any atom is -0.468 e. The zero-order chi connectivity index (χ0) is 25.5. The van der Waals surface area contributed by atoms with Gasteiger partial charge in [-0.3, -0.25) is 9.32 Å². The number of methoxy groups -OCH3 is 1. The van der Waals surface area contributed by atoms with Crippen LogP contribution in [0.25, 0.3) is 11.2 Å². The van der Waals surface area contributed by atoms with Gasteiger partial charge >= 0.3 is 13.7 Å². The molecule has 0 aliphatic heterocycles. The molecular formula is C23H29N6O5PS. The number of nitrogens with zero attached hydrogens (tertiary/aromatic N) is 4. The number of esters is 1. The molecule has 0 spiro atoms. The Morgan fingerprint density at radius 2 is 2.08 bits per heavy atom. The predicted molar refractivity (Wildman–Crippen MR) is 139 cm³/mol. The molecule has 1 unspecified atom stereocenters. The van der Waals surface area contributed by atoms with Gasteiger partial charge in [0.05, 0.1) is 26.1 Å². The van der Waals surface area contributed by atoms with Crippen molar-refractivity contribution in [1.82, 2.24) is 24.6 Å². The molecule has 4 atom stereocenters. The number of rotatable bonds is 12. The van der Waals surface area contributed by atoms with E-state index in [1.54, 1.807) is 42.4 Å². The van der Waals surface area contributed by atoms with E-state index in [0.29, 0.717) is 41.3 Å². The van der Waals surface area contributed by atoms with Crippen LogP contribution in [-0.4, -0.2) is 57.3 Å². The van der Waals surface area contributed by atoms with Crippen LogP contribution in [0.4, 0.5) is 5.82 Å². The SMILES string of the molecule is COC(=O)[C@@H](CCSC)NP(=O)(OC[C@H]1C=C[C@@H](n2cnc3c(N)ncnc32)C1)Oc1ccccc1. The number of benzene rings is 1. The van der Waals surface area contributed by atoms with Crippen LogP contribution in [0.5, 0.6) is 5.75 Å². The molecule has 0 fully saturated rings. The van der Waals surface area contributed by atoms with Crippen molar-refractivity contribution < 1.29 is 23.1 Å². The van der Waals surface area contributed by atoms with Gasteiger partial charge in [0.25, 0.3) is 0 Å². The summed E-state index contributed by atoms with van der Waals surface area (Å²) in [5.41, 5.74) is 7.10. The van der Waals surface area contributed by atoms with Gasteiger partial charge < -0.3 is 19.6 Å². The van der Waals surface area contributed by atoms with E-state index in [9.17, 15) is 9.36 Å². The number of allylic oxidation sites excluding steroid dienone is 1. The molecule has 4 rings (SSSR count). The summed E-state index contributed by atoms with van der Waals surface area (Å²) in [5, 5.41) is 2.81. The third kappa shape index (κ3) is 6.25. The Hall–Kier alpha value is -2.92. The standard InChI is InChI=1S/C23H29N6O5PS/c1-32-23(30)19(10-11-36-2)28-35(31,34-18-6-4-3-5-7-18)33-13-16-8-9-17(12-16)29-15-27-20-21(24)25-14-26-22(20)29/h3-9,14-17,19H,10-13H2,1-2H3,(H,28,31)(H2,24,25,26)/t16-,17+,19+,35?/m0/s1. The molecule has 0 amide bonds. The van der Waals surface area contributed by atoms with E-state index in [-0.39, 0.29) is 18.6 Å². The fraction of sp³-hybridized carbons (Fsp3) is 0.391. The number of nitrogen functional groups attached to an aromatic ring is 1. The number of carbonyl (C=O) groups excluding carboxylic acids is 1. The molecule has 13 heteroatoms. The lowest BCUT2D eigenvalue weighted by atomic mass is 10.1. The number of hydrogen-bond donors (Lipinski definition) is 2. The number of nitrogens with one attached hydrogen (secondary N) is 1. The van der Waals surface area contributed by atoms with Gasteiger partial charge in [-0.1, -0.05) is 30.4 Å². The molecule has 1 aliphatic rings. The fourth-order valence-electron chi connectivity index (χ4n) is 3.90. The summed E-state index contributed by atoms with van der Waals surface area (Å²) in [4.78, 5) is 25.0. The van der Waals surface area contributed by atoms with E-state index in [0.717, 1.165) is 0 Å². The summed E-state index contributed by atoms with van der Waals surface area (Å²) in [6, 6.07) is 7.84. The molecule has 0 bridgehead atoms. The first-order valence-electron chi connectivity index (χ1n) is 11.4. The fourth-order valence-corrected chi connectivity index (χ4v) is 5.96. The highest BCUT2D eigenvalue weighted by Gasteiger charge is 2.35. The number of hydrogen-bond acceptors (Lipinski definition) is 10. The van der Waals surface area contributed by atoms with Gasteiger partial charge in [-0.2, -0.15) is 16.8 Å². The molecule has 192 valence electrons. The number of nitrogens with two attached hydrogens (primary N) is 1. The van der Waals surface area contributed by atoms with Crippen LogP contribution in [0, 0.1) is 5.92 Å². The lowest BCUT2D eigenvalue weighted by Crippen LogP contribution is -2.38. The zero-order valence-corrected chi connectivity index (χ0v) is 21.7. The maximum absolute atomic E-state index is 13.8. The molecule has 1 aromatic carbocycles. The van der Waals surface area contributed by atoms with Crippen LogP contribution in [-0.2, 0) is 18.6 Å². The molecular weight excluding hydrogens is 503 g/mol. The van der Waals surface area contributed by atoms with Crippen LogP contribution in [0.1, 0.15) is 18.9 Å². The topological polar surface area (TPSA) is 143 Å². The highest BCUT2D eigenvalue weighted by molar-refractivity contribution is 7.98. The highest BCUT2D eigenvalue weighted by atomic mass is 32.2. The molecule has 1 aliphatic carbocycles. The first-order chi connectivity index (χ1) is 17.4. The first kappa shape index (κ1) is 26.2. The van der Waals surface area contributed by atoms with Crippen LogP contribution >= 0.6 is 19.5 Å². The monoisotopic (exact) mass is 532 g/mol. The number of imidazole rings is 1. The summed E-state index contributed by atoms with van der Waals surface area (Å²) in [7, 11) is -2.64. The van der Waals surface area contributed by atoms with Gasteiger partial charge in [0.2, 0.25) is 0 Å². The number of anilines is 1. The van der Waals surface area contributed by atoms with Crippen LogP contribution in [0.15, 0.2) is 55.1 Å². The Balaban J connectivity index is 1.46. The van der Waals surface area contributed by atoms with E-state index >= 15 is 0 Å². The maximum atomic E-state index is 13.8. The number of fused-ring (bicyclic) bond motifs is 1. The first-order valence-corrected chi connectivity index (χ1v) is 14.3. The van der Waals surface area contributed by atoms with Crippen LogP contribution in [0.3, 0.4) is 0 Å². The average molecular weight is 533 g/mol. The summed E-state index contributed by atoms with van der Waals surface area (Å²) in [6.07, 6.45) is 10.1. The van der Waals surface area contributed by atoms with Crippen molar-refractivity contribution in [2.75, 3.05) is 31.5 Å². The summed E-state index contributed by atoms with van der Waals surface area (Å²) < 4.78 is 32.3. The van der Waals surface area contributed by atoms with Crippen LogP contribution < -0.4 is 15.3 Å². The van der Waals surface area contributed by atoms with Gasteiger partial charge in [-0.05, 0) is 37.0 Å². The summed E-state index contributed by atoms with van der Waals surface area (Å²) in [5.74, 6) is 0.775. The molecule has 3 aromatic rings. The van der Waals surface area contributed by atoms with E-state index < -0.39 is 19.8 Å².